The van der Waals surface area contributed by atoms with Gasteiger partial charge in [-0.25, -0.2) is 0 Å². The summed E-state index contributed by atoms with van der Waals surface area (Å²) < 4.78 is 6.35. The number of halogens is 1. The molecule has 1 atom stereocenters. The van der Waals surface area contributed by atoms with Gasteiger partial charge in [-0.05, 0) is 80.5 Å². The molecule has 1 unspecified atom stereocenters. The van der Waals surface area contributed by atoms with Crippen LogP contribution in [0, 0.1) is 5.92 Å². The molecular weight excluding hydrogens is 396 g/mol. The van der Waals surface area contributed by atoms with Gasteiger partial charge in [-0.15, -0.1) is 0 Å². The number of fused-ring (bicyclic) bond motifs is 1. The lowest BCUT2D eigenvalue weighted by Crippen LogP contribution is -2.42. The van der Waals surface area contributed by atoms with Gasteiger partial charge in [0.05, 0.1) is 11.6 Å². The van der Waals surface area contributed by atoms with Gasteiger partial charge in [-0.2, -0.15) is 0 Å². The second kappa shape index (κ2) is 9.48. The predicted molar refractivity (Wildman–Crippen MR) is 121 cm³/mol. The first-order valence-corrected chi connectivity index (χ1v) is 11.1. The first-order valence-electron chi connectivity index (χ1n) is 10.7. The number of nitrogens with zero attached hydrogens (tertiary/aromatic N) is 1. The number of benzene rings is 2. The van der Waals surface area contributed by atoms with Crippen LogP contribution in [0.4, 0.5) is 0 Å². The van der Waals surface area contributed by atoms with Crippen molar-refractivity contribution in [1.82, 2.24) is 10.3 Å². The molecule has 1 aliphatic carbocycles. The SMILES string of the molecule is CCC(NC(=O)c1ccc(Cl)cc1)[C@H]1CC[C@@H](Oc2ccnc3ccccc23)CC1. The molecule has 1 heterocycles. The molecule has 2 aromatic carbocycles. The number of ether oxygens (including phenoxy) is 1. The molecule has 30 heavy (non-hydrogen) atoms. The number of pyridine rings is 1. The normalized spacial score (nSPS) is 19.9. The van der Waals surface area contributed by atoms with E-state index < -0.39 is 0 Å². The van der Waals surface area contributed by atoms with Crippen molar-refractivity contribution in [2.75, 3.05) is 0 Å². The molecule has 4 rings (SSSR count). The van der Waals surface area contributed by atoms with Crippen LogP contribution in [-0.2, 0) is 0 Å². The van der Waals surface area contributed by atoms with Gasteiger partial charge in [0.15, 0.2) is 0 Å². The minimum absolute atomic E-state index is 0.0276. The van der Waals surface area contributed by atoms with Crippen molar-refractivity contribution in [3.63, 3.8) is 0 Å². The van der Waals surface area contributed by atoms with Crippen LogP contribution in [0.1, 0.15) is 49.4 Å². The van der Waals surface area contributed by atoms with Crippen LogP contribution >= 0.6 is 11.6 Å². The molecule has 1 saturated carbocycles. The lowest BCUT2D eigenvalue weighted by Gasteiger charge is -2.34. The maximum atomic E-state index is 12.6. The summed E-state index contributed by atoms with van der Waals surface area (Å²) in [5, 5.41) is 4.93. The number of rotatable bonds is 6. The third kappa shape index (κ3) is 4.76. The minimum atomic E-state index is -0.0276. The van der Waals surface area contributed by atoms with Gasteiger partial charge >= 0.3 is 0 Å². The van der Waals surface area contributed by atoms with Gasteiger partial charge in [0.2, 0.25) is 0 Å². The lowest BCUT2D eigenvalue weighted by atomic mass is 9.81. The molecule has 1 aromatic heterocycles. The van der Waals surface area contributed by atoms with Crippen LogP contribution in [-0.4, -0.2) is 23.0 Å². The number of hydrogen-bond acceptors (Lipinski definition) is 3. The Morgan fingerprint density at radius 2 is 1.83 bits per heavy atom. The highest BCUT2D eigenvalue weighted by Gasteiger charge is 2.29. The van der Waals surface area contributed by atoms with E-state index in [2.05, 4.69) is 23.3 Å². The zero-order valence-corrected chi connectivity index (χ0v) is 17.9. The van der Waals surface area contributed by atoms with Crippen LogP contribution in [0.5, 0.6) is 5.75 Å². The largest absolute Gasteiger partial charge is 0.490 e. The van der Waals surface area contributed by atoms with Crippen LogP contribution in [0.15, 0.2) is 60.8 Å². The summed E-state index contributed by atoms with van der Waals surface area (Å²) in [5.41, 5.74) is 1.61. The smallest absolute Gasteiger partial charge is 0.251 e. The molecule has 0 bridgehead atoms. The Balaban J connectivity index is 1.34. The van der Waals surface area contributed by atoms with Gasteiger partial charge < -0.3 is 10.1 Å². The quantitative estimate of drug-likeness (QED) is 0.527. The highest BCUT2D eigenvalue weighted by atomic mass is 35.5. The summed E-state index contributed by atoms with van der Waals surface area (Å²) >= 11 is 5.93. The average molecular weight is 423 g/mol. The van der Waals surface area contributed by atoms with E-state index in [1.54, 1.807) is 24.3 Å². The topological polar surface area (TPSA) is 51.2 Å². The van der Waals surface area contributed by atoms with E-state index in [0.717, 1.165) is 48.8 Å². The van der Waals surface area contributed by atoms with Gasteiger partial charge in [0.1, 0.15) is 5.75 Å². The molecule has 5 heteroatoms. The highest BCUT2D eigenvalue weighted by molar-refractivity contribution is 6.30. The van der Waals surface area contributed by atoms with Crippen molar-refractivity contribution in [2.24, 2.45) is 5.92 Å². The minimum Gasteiger partial charge on any atom is -0.490 e. The Hall–Kier alpha value is -2.59. The van der Waals surface area contributed by atoms with Crippen molar-refractivity contribution >= 4 is 28.4 Å². The number of amides is 1. The molecule has 156 valence electrons. The fourth-order valence-electron chi connectivity index (χ4n) is 4.37. The van der Waals surface area contributed by atoms with Crippen LogP contribution < -0.4 is 10.1 Å². The van der Waals surface area contributed by atoms with Crippen LogP contribution in [0.2, 0.25) is 5.02 Å². The van der Waals surface area contributed by atoms with Crippen molar-refractivity contribution in [1.29, 1.82) is 0 Å². The Bertz CT molecular complexity index is 992. The molecule has 0 saturated heterocycles. The van der Waals surface area contributed by atoms with Crippen LogP contribution in [0.3, 0.4) is 0 Å². The van der Waals surface area contributed by atoms with E-state index >= 15 is 0 Å². The number of aromatic nitrogens is 1. The zero-order valence-electron chi connectivity index (χ0n) is 17.2. The summed E-state index contributed by atoms with van der Waals surface area (Å²) in [6, 6.07) is 17.3. The number of hydrogen-bond donors (Lipinski definition) is 1. The van der Waals surface area contributed by atoms with E-state index in [-0.39, 0.29) is 18.1 Å². The Labute approximate surface area is 182 Å². The number of nitrogens with one attached hydrogen (secondary N) is 1. The van der Waals surface area contributed by atoms with E-state index in [1.807, 2.05) is 30.5 Å². The van der Waals surface area contributed by atoms with Crippen molar-refractivity contribution in [3.05, 3.63) is 71.4 Å². The lowest BCUT2D eigenvalue weighted by molar-refractivity contribution is 0.0872. The van der Waals surface area contributed by atoms with Crippen molar-refractivity contribution in [2.45, 2.75) is 51.2 Å². The fourth-order valence-corrected chi connectivity index (χ4v) is 4.49. The Morgan fingerprint density at radius 3 is 2.57 bits per heavy atom. The molecule has 3 aromatic rings. The third-order valence-electron chi connectivity index (χ3n) is 6.05. The predicted octanol–water partition coefficient (Wildman–Crippen LogP) is 6.03. The van der Waals surface area contributed by atoms with Crippen LogP contribution in [0.25, 0.3) is 10.9 Å². The van der Waals surface area contributed by atoms with Gasteiger partial charge in [-0.1, -0.05) is 30.7 Å². The maximum absolute atomic E-state index is 12.6. The number of carbonyl (C=O) groups excluding carboxylic acids is 1. The first-order chi connectivity index (χ1) is 14.6. The summed E-state index contributed by atoms with van der Waals surface area (Å²) in [6.45, 7) is 2.14. The average Bonchev–Trinajstić information content (AvgIpc) is 2.79. The Kier molecular flexibility index (Phi) is 6.53. The van der Waals surface area contributed by atoms with Gasteiger partial charge in [0.25, 0.3) is 5.91 Å². The molecule has 4 nitrogen and oxygen atoms in total. The standard InChI is InChI=1S/C25H27ClN2O2/c1-2-22(28-25(29)18-7-11-19(26)12-8-18)17-9-13-20(14-10-17)30-24-15-16-27-23-6-4-3-5-21(23)24/h3-8,11-12,15-17,20,22H,2,9-10,13-14H2,1H3,(H,28,29)/t17-,20+,22?. The van der Waals surface area contributed by atoms with Gasteiger partial charge in [-0.3, -0.25) is 9.78 Å². The fraction of sp³-hybridized carbons (Fsp3) is 0.360. The van der Waals surface area contributed by atoms with Crippen molar-refractivity contribution < 1.29 is 9.53 Å². The first kappa shape index (κ1) is 20.7. The maximum Gasteiger partial charge on any atom is 0.251 e. The zero-order chi connectivity index (χ0) is 20.9. The van der Waals surface area contributed by atoms with E-state index in [0.29, 0.717) is 16.5 Å². The summed E-state index contributed by atoms with van der Waals surface area (Å²) in [4.78, 5) is 17.0. The summed E-state index contributed by atoms with van der Waals surface area (Å²) in [7, 11) is 0. The van der Waals surface area contributed by atoms with Crippen molar-refractivity contribution in [3.8, 4) is 5.75 Å². The summed E-state index contributed by atoms with van der Waals surface area (Å²) in [5.74, 6) is 1.35. The molecule has 1 N–H and O–H groups in total. The van der Waals surface area contributed by atoms with E-state index in [4.69, 9.17) is 16.3 Å². The second-order valence-electron chi connectivity index (χ2n) is 7.98. The third-order valence-corrected chi connectivity index (χ3v) is 6.31. The van der Waals surface area contributed by atoms with Gasteiger partial charge in [0, 0.05) is 28.2 Å². The van der Waals surface area contributed by atoms with E-state index in [9.17, 15) is 4.79 Å². The molecular formula is C25H27ClN2O2. The second-order valence-corrected chi connectivity index (χ2v) is 8.41. The summed E-state index contributed by atoms with van der Waals surface area (Å²) in [6.07, 6.45) is 7.02. The van der Waals surface area contributed by atoms with E-state index in [1.165, 1.54) is 0 Å². The molecule has 1 fully saturated rings. The molecule has 1 aliphatic rings. The number of carbonyl (C=O) groups is 1. The monoisotopic (exact) mass is 422 g/mol. The Morgan fingerprint density at radius 1 is 1.10 bits per heavy atom. The molecule has 0 radical (unpaired) electrons. The molecule has 1 amide bonds. The molecule has 0 spiro atoms. The number of para-hydroxylation sites is 1. The molecule has 0 aliphatic heterocycles. The highest BCUT2D eigenvalue weighted by Crippen LogP contribution is 2.33.